The average molecular weight is 290 g/mol. The summed E-state index contributed by atoms with van der Waals surface area (Å²) in [5.41, 5.74) is 2.59. The molecule has 4 heteroatoms. The molecule has 0 aliphatic heterocycles. The molecule has 0 radical (unpaired) electrons. The smallest absolute Gasteiger partial charge is 0.339 e. The Morgan fingerprint density at radius 1 is 1.38 bits per heavy atom. The zero-order valence-corrected chi connectivity index (χ0v) is 13.4. The number of rotatable bonds is 6. The Morgan fingerprint density at radius 3 is 2.71 bits per heavy atom. The molecular weight excluding hydrogens is 264 g/mol. The molecule has 0 saturated carbocycles. The summed E-state index contributed by atoms with van der Waals surface area (Å²) in [6, 6.07) is 1.86. The van der Waals surface area contributed by atoms with Gasteiger partial charge < -0.3 is 10.0 Å². The number of aromatic nitrogens is 1. The van der Waals surface area contributed by atoms with Gasteiger partial charge in [0.25, 0.3) is 0 Å². The molecule has 1 heterocycles. The highest BCUT2D eigenvalue weighted by molar-refractivity contribution is 5.93. The van der Waals surface area contributed by atoms with Crippen LogP contribution < -0.4 is 4.90 Å². The molecule has 1 aromatic rings. The minimum atomic E-state index is -0.867. The fraction of sp³-hybridized carbons (Fsp3) is 0.647. The zero-order valence-electron chi connectivity index (χ0n) is 13.4. The van der Waals surface area contributed by atoms with Gasteiger partial charge in [-0.3, -0.25) is 0 Å². The van der Waals surface area contributed by atoms with Crippen LogP contribution in [-0.4, -0.2) is 29.1 Å². The third-order valence-electron chi connectivity index (χ3n) is 4.42. The quantitative estimate of drug-likeness (QED) is 0.870. The molecule has 4 nitrogen and oxygen atoms in total. The number of pyridine rings is 1. The van der Waals surface area contributed by atoms with Gasteiger partial charge in [-0.05, 0) is 50.2 Å². The highest BCUT2D eigenvalue weighted by Gasteiger charge is 2.22. The predicted molar refractivity (Wildman–Crippen MR) is 85.2 cm³/mol. The maximum absolute atomic E-state index is 11.6. The van der Waals surface area contributed by atoms with Gasteiger partial charge in [0.1, 0.15) is 11.4 Å². The van der Waals surface area contributed by atoms with Crippen molar-refractivity contribution in [2.45, 2.75) is 52.9 Å². The molecule has 1 aromatic heterocycles. The lowest BCUT2D eigenvalue weighted by Crippen LogP contribution is -2.31. The third-order valence-corrected chi connectivity index (χ3v) is 4.42. The first-order valence-electron chi connectivity index (χ1n) is 8.07. The van der Waals surface area contributed by atoms with Gasteiger partial charge in [-0.1, -0.05) is 20.3 Å². The molecule has 0 spiro atoms. The first kappa shape index (κ1) is 15.8. The minimum Gasteiger partial charge on any atom is -0.478 e. The van der Waals surface area contributed by atoms with E-state index in [9.17, 15) is 9.90 Å². The SMILES string of the molecule is CCC(C)CN(CC)c1nc2c(cc1C(=O)O)CCCC2. The standard InChI is InChI=1S/C17H26N2O2/c1-4-12(3)11-19(5-2)16-14(17(20)21)10-13-8-6-7-9-15(13)18-16/h10,12H,4-9,11H2,1-3H3,(H,20,21). The molecule has 2 rings (SSSR count). The predicted octanol–water partition coefficient (Wildman–Crippen LogP) is 3.53. The monoisotopic (exact) mass is 290 g/mol. The van der Waals surface area contributed by atoms with Crippen molar-refractivity contribution in [3.8, 4) is 0 Å². The number of carboxylic acid groups (broad SMARTS) is 1. The van der Waals surface area contributed by atoms with Gasteiger partial charge in [0.15, 0.2) is 0 Å². The van der Waals surface area contributed by atoms with Crippen LogP contribution in [0.1, 0.15) is 61.6 Å². The summed E-state index contributed by atoms with van der Waals surface area (Å²) in [6.07, 6.45) is 5.31. The summed E-state index contributed by atoms with van der Waals surface area (Å²) in [5.74, 6) is 0.323. The molecule has 1 N–H and O–H groups in total. The number of anilines is 1. The van der Waals surface area contributed by atoms with E-state index in [1.165, 1.54) is 0 Å². The van der Waals surface area contributed by atoms with E-state index in [1.807, 2.05) is 6.07 Å². The normalized spacial score (nSPS) is 15.4. The maximum Gasteiger partial charge on any atom is 0.339 e. The van der Waals surface area contributed by atoms with Crippen molar-refractivity contribution in [2.24, 2.45) is 5.92 Å². The Labute approximate surface area is 127 Å². The van der Waals surface area contributed by atoms with Crippen molar-refractivity contribution < 1.29 is 9.90 Å². The number of fused-ring (bicyclic) bond motifs is 1. The average Bonchev–Trinajstić information content (AvgIpc) is 2.50. The van der Waals surface area contributed by atoms with E-state index < -0.39 is 5.97 Å². The van der Waals surface area contributed by atoms with Crippen LogP contribution in [0, 0.1) is 5.92 Å². The number of aryl methyl sites for hydroxylation is 2. The number of hydrogen-bond acceptors (Lipinski definition) is 3. The highest BCUT2D eigenvalue weighted by Crippen LogP contribution is 2.27. The lowest BCUT2D eigenvalue weighted by Gasteiger charge is -2.28. The molecule has 1 aliphatic rings. The second-order valence-corrected chi connectivity index (χ2v) is 6.03. The number of hydrogen-bond donors (Lipinski definition) is 1. The first-order chi connectivity index (χ1) is 10.1. The van der Waals surface area contributed by atoms with Crippen molar-refractivity contribution in [1.82, 2.24) is 4.98 Å². The van der Waals surface area contributed by atoms with Crippen molar-refractivity contribution in [1.29, 1.82) is 0 Å². The van der Waals surface area contributed by atoms with Crippen LogP contribution in [0.15, 0.2) is 6.07 Å². The first-order valence-corrected chi connectivity index (χ1v) is 8.07. The Bertz CT molecular complexity index is 514. The lowest BCUT2D eigenvalue weighted by atomic mass is 9.94. The Hall–Kier alpha value is -1.58. The molecule has 0 aromatic carbocycles. The van der Waals surface area contributed by atoms with Crippen LogP contribution in [0.4, 0.5) is 5.82 Å². The van der Waals surface area contributed by atoms with E-state index in [0.717, 1.165) is 56.5 Å². The Kier molecular flexibility index (Phi) is 5.21. The van der Waals surface area contributed by atoms with Gasteiger partial charge in [0, 0.05) is 18.8 Å². The molecule has 0 bridgehead atoms. The van der Waals surface area contributed by atoms with Gasteiger partial charge in [0.2, 0.25) is 0 Å². The molecule has 0 fully saturated rings. The second-order valence-electron chi connectivity index (χ2n) is 6.03. The molecule has 1 aliphatic carbocycles. The van der Waals surface area contributed by atoms with Crippen LogP contribution >= 0.6 is 0 Å². The third kappa shape index (κ3) is 3.55. The van der Waals surface area contributed by atoms with Crippen LogP contribution in [0.3, 0.4) is 0 Å². The van der Waals surface area contributed by atoms with Gasteiger partial charge in [-0.15, -0.1) is 0 Å². The molecule has 116 valence electrons. The summed E-state index contributed by atoms with van der Waals surface area (Å²) in [4.78, 5) is 18.5. The number of carboxylic acids is 1. The van der Waals surface area contributed by atoms with E-state index in [1.54, 1.807) is 0 Å². The van der Waals surface area contributed by atoms with E-state index >= 15 is 0 Å². The summed E-state index contributed by atoms with van der Waals surface area (Å²) in [5, 5.41) is 9.54. The highest BCUT2D eigenvalue weighted by atomic mass is 16.4. The molecule has 21 heavy (non-hydrogen) atoms. The summed E-state index contributed by atoms with van der Waals surface area (Å²) < 4.78 is 0. The van der Waals surface area contributed by atoms with Gasteiger partial charge >= 0.3 is 5.97 Å². The van der Waals surface area contributed by atoms with Crippen molar-refractivity contribution in [3.63, 3.8) is 0 Å². The summed E-state index contributed by atoms with van der Waals surface area (Å²) in [6.45, 7) is 8.07. The second kappa shape index (κ2) is 6.92. The van der Waals surface area contributed by atoms with Crippen molar-refractivity contribution >= 4 is 11.8 Å². The van der Waals surface area contributed by atoms with Gasteiger partial charge in [-0.25, -0.2) is 9.78 Å². The fourth-order valence-corrected chi connectivity index (χ4v) is 2.89. The zero-order chi connectivity index (χ0) is 15.4. The van der Waals surface area contributed by atoms with Crippen LogP contribution in [-0.2, 0) is 12.8 Å². The van der Waals surface area contributed by atoms with Crippen LogP contribution in [0.25, 0.3) is 0 Å². The van der Waals surface area contributed by atoms with E-state index in [0.29, 0.717) is 17.3 Å². The van der Waals surface area contributed by atoms with Crippen LogP contribution in [0.5, 0.6) is 0 Å². The fourth-order valence-electron chi connectivity index (χ4n) is 2.89. The summed E-state index contributed by atoms with van der Waals surface area (Å²) in [7, 11) is 0. The van der Waals surface area contributed by atoms with E-state index in [-0.39, 0.29) is 0 Å². The molecule has 0 amide bonds. The van der Waals surface area contributed by atoms with Gasteiger partial charge in [0.05, 0.1) is 0 Å². The van der Waals surface area contributed by atoms with E-state index in [4.69, 9.17) is 4.98 Å². The Morgan fingerprint density at radius 2 is 2.10 bits per heavy atom. The molecule has 1 unspecified atom stereocenters. The van der Waals surface area contributed by atoms with Crippen molar-refractivity contribution in [3.05, 3.63) is 22.9 Å². The van der Waals surface area contributed by atoms with E-state index in [2.05, 4.69) is 25.7 Å². The number of aromatic carboxylic acids is 1. The topological polar surface area (TPSA) is 53.4 Å². The molecule has 1 atom stereocenters. The van der Waals surface area contributed by atoms with Crippen molar-refractivity contribution in [2.75, 3.05) is 18.0 Å². The Balaban J connectivity index is 2.41. The molecular formula is C17H26N2O2. The van der Waals surface area contributed by atoms with Crippen LogP contribution in [0.2, 0.25) is 0 Å². The summed E-state index contributed by atoms with van der Waals surface area (Å²) >= 11 is 0. The number of carbonyl (C=O) groups is 1. The van der Waals surface area contributed by atoms with Gasteiger partial charge in [-0.2, -0.15) is 0 Å². The molecule has 0 saturated heterocycles. The lowest BCUT2D eigenvalue weighted by molar-refractivity contribution is 0.0697. The maximum atomic E-state index is 11.6. The number of nitrogens with zero attached hydrogens (tertiary/aromatic N) is 2. The largest absolute Gasteiger partial charge is 0.478 e. The minimum absolute atomic E-state index is 0.362.